The molecule has 1 aromatic carbocycles. The molecule has 3 rings (SSSR count). The summed E-state index contributed by atoms with van der Waals surface area (Å²) in [4.78, 5) is 4.79. The van der Waals surface area contributed by atoms with E-state index in [1.165, 1.54) is 13.8 Å². The Balaban J connectivity index is 2.08. The largest absolute Gasteiger partial charge is 0.394 e. The maximum atomic E-state index is 14.0. The fourth-order valence-electron chi connectivity index (χ4n) is 4.15. The monoisotopic (exact) mass is 574 g/mol. The lowest BCUT2D eigenvalue weighted by Gasteiger charge is -2.33. The fourth-order valence-corrected chi connectivity index (χ4v) is 5.70. The summed E-state index contributed by atoms with van der Waals surface area (Å²) in [6.07, 6.45) is -2.57. The van der Waals surface area contributed by atoms with E-state index >= 15 is 0 Å². The van der Waals surface area contributed by atoms with Crippen molar-refractivity contribution in [2.75, 3.05) is 6.61 Å². The van der Waals surface area contributed by atoms with Crippen LogP contribution < -0.4 is 10.5 Å². The van der Waals surface area contributed by atoms with E-state index in [1.807, 2.05) is 22.8 Å². The molecule has 0 amide bonds. The second-order valence-electron chi connectivity index (χ2n) is 13.5. The molecule has 3 N–H and O–H groups in total. The Hall–Kier alpha value is -1.27. The minimum Gasteiger partial charge on any atom is -0.361 e. The lowest BCUT2D eigenvalue weighted by Crippen LogP contribution is -2.41. The molecule has 1 saturated carbocycles. The number of nitrogens with one attached hydrogen (secondary N) is 1. The molecule has 0 bridgehead atoms. The summed E-state index contributed by atoms with van der Waals surface area (Å²) >= 11 is 0. The van der Waals surface area contributed by atoms with Gasteiger partial charge in [0.1, 0.15) is 12.6 Å². The molecule has 1 aliphatic carbocycles. The van der Waals surface area contributed by atoms with Crippen LogP contribution in [0, 0.1) is 11.3 Å². The topological polar surface area (TPSA) is 82.2 Å². The van der Waals surface area contributed by atoms with Crippen molar-refractivity contribution in [3.63, 3.8) is 0 Å². The Labute approximate surface area is 228 Å². The SMILES string of the molecule is CC(C)(C)[S@@](=O)N[C@@H](CC(C)(C)C(F)(F)F)c1nc2ccc([C@H](N)C3CC3)cc2n1COCC[Si](C)(C)C. The molecule has 0 aliphatic heterocycles. The van der Waals surface area contributed by atoms with E-state index < -0.39 is 41.4 Å². The molecule has 0 unspecified atom stereocenters. The fraction of sp³-hybridized carbons (Fsp3) is 0.741. The molecule has 0 spiro atoms. The molecule has 1 aromatic heterocycles. The van der Waals surface area contributed by atoms with Crippen molar-refractivity contribution in [1.82, 2.24) is 14.3 Å². The number of nitrogens with zero attached hydrogens (tertiary/aromatic N) is 2. The van der Waals surface area contributed by atoms with Gasteiger partial charge in [0.25, 0.3) is 0 Å². The Morgan fingerprint density at radius 3 is 2.34 bits per heavy atom. The van der Waals surface area contributed by atoms with Gasteiger partial charge in [0.15, 0.2) is 0 Å². The van der Waals surface area contributed by atoms with Crippen LogP contribution in [-0.4, -0.2) is 39.4 Å². The van der Waals surface area contributed by atoms with Gasteiger partial charge in [0, 0.05) is 20.7 Å². The van der Waals surface area contributed by atoms with Gasteiger partial charge in [-0.05, 0) is 69.7 Å². The molecule has 0 saturated heterocycles. The van der Waals surface area contributed by atoms with Crippen LogP contribution in [0.3, 0.4) is 0 Å². The highest BCUT2D eigenvalue weighted by Crippen LogP contribution is 2.45. The van der Waals surface area contributed by atoms with Gasteiger partial charge in [-0.25, -0.2) is 13.9 Å². The van der Waals surface area contributed by atoms with Crippen LogP contribution in [0.5, 0.6) is 0 Å². The first-order chi connectivity index (χ1) is 17.3. The highest BCUT2D eigenvalue weighted by atomic mass is 32.2. The van der Waals surface area contributed by atoms with Crippen LogP contribution in [0.4, 0.5) is 13.2 Å². The van der Waals surface area contributed by atoms with Gasteiger partial charge in [-0.15, -0.1) is 0 Å². The van der Waals surface area contributed by atoms with Gasteiger partial charge in [0.05, 0.1) is 38.2 Å². The van der Waals surface area contributed by atoms with Crippen LogP contribution in [0.15, 0.2) is 18.2 Å². The van der Waals surface area contributed by atoms with Crippen molar-refractivity contribution in [3.05, 3.63) is 29.6 Å². The number of imidazole rings is 1. The van der Waals surface area contributed by atoms with Crippen LogP contribution in [0.2, 0.25) is 25.7 Å². The van der Waals surface area contributed by atoms with Crippen LogP contribution >= 0.6 is 0 Å². The van der Waals surface area contributed by atoms with Crippen molar-refractivity contribution in [2.24, 2.45) is 17.1 Å². The maximum Gasteiger partial charge on any atom is 0.394 e. The lowest BCUT2D eigenvalue weighted by molar-refractivity contribution is -0.215. The van der Waals surface area contributed by atoms with E-state index in [2.05, 4.69) is 24.4 Å². The van der Waals surface area contributed by atoms with Gasteiger partial charge < -0.3 is 15.0 Å². The first kappa shape index (κ1) is 31.3. The van der Waals surface area contributed by atoms with Gasteiger partial charge in [-0.2, -0.15) is 13.2 Å². The number of hydrogen-bond donors (Lipinski definition) is 2. The van der Waals surface area contributed by atoms with Crippen molar-refractivity contribution in [3.8, 4) is 0 Å². The normalized spacial score (nSPS) is 18.1. The second-order valence-corrected chi connectivity index (χ2v) is 21.1. The summed E-state index contributed by atoms with van der Waals surface area (Å²) in [5.74, 6) is 0.840. The maximum absolute atomic E-state index is 14.0. The predicted octanol–water partition coefficient (Wildman–Crippen LogP) is 6.83. The van der Waals surface area contributed by atoms with E-state index in [9.17, 15) is 17.4 Å². The predicted molar refractivity (Wildman–Crippen MR) is 152 cm³/mol. The summed E-state index contributed by atoms with van der Waals surface area (Å²) in [5.41, 5.74) is 6.85. The molecule has 6 nitrogen and oxygen atoms in total. The molecule has 38 heavy (non-hydrogen) atoms. The number of ether oxygens (including phenoxy) is 1. The third kappa shape index (κ3) is 7.90. The summed E-state index contributed by atoms with van der Waals surface area (Å²) in [5, 5.41) is 0. The molecular formula is C27H45F3N4O2SSi. The van der Waals surface area contributed by atoms with E-state index in [0.717, 1.165) is 30.0 Å². The molecule has 216 valence electrons. The van der Waals surface area contributed by atoms with Crippen molar-refractivity contribution in [2.45, 2.75) is 109 Å². The molecule has 1 fully saturated rings. The highest BCUT2D eigenvalue weighted by molar-refractivity contribution is 7.84. The lowest BCUT2D eigenvalue weighted by atomic mass is 9.85. The average molecular weight is 575 g/mol. The Bertz CT molecular complexity index is 1130. The van der Waals surface area contributed by atoms with E-state index in [0.29, 0.717) is 23.9 Å². The number of nitrogens with two attached hydrogens (primary N) is 1. The van der Waals surface area contributed by atoms with Crippen LogP contribution in [0.1, 0.15) is 77.4 Å². The molecule has 3 atom stereocenters. The van der Waals surface area contributed by atoms with Crippen molar-refractivity contribution >= 4 is 30.1 Å². The summed E-state index contributed by atoms with van der Waals surface area (Å²) in [7, 11) is -2.95. The van der Waals surface area contributed by atoms with Crippen molar-refractivity contribution in [1.29, 1.82) is 0 Å². The Kier molecular flexibility index (Phi) is 9.30. The number of hydrogen-bond acceptors (Lipinski definition) is 4. The smallest absolute Gasteiger partial charge is 0.361 e. The molecule has 11 heteroatoms. The number of benzene rings is 1. The first-order valence-corrected chi connectivity index (χ1v) is 18.2. The Morgan fingerprint density at radius 1 is 1.18 bits per heavy atom. The minimum absolute atomic E-state index is 0.0921. The summed E-state index contributed by atoms with van der Waals surface area (Å²) < 4.78 is 65.4. The average Bonchev–Trinajstić information content (AvgIpc) is 3.55. The third-order valence-electron chi connectivity index (χ3n) is 7.13. The summed E-state index contributed by atoms with van der Waals surface area (Å²) in [6.45, 7) is 15.2. The Morgan fingerprint density at radius 2 is 1.82 bits per heavy atom. The zero-order chi connectivity index (χ0) is 28.7. The third-order valence-corrected chi connectivity index (χ3v) is 10.4. The van der Waals surface area contributed by atoms with Crippen molar-refractivity contribution < 1.29 is 22.1 Å². The number of alkyl halides is 3. The zero-order valence-electron chi connectivity index (χ0n) is 24.0. The first-order valence-electron chi connectivity index (χ1n) is 13.4. The highest BCUT2D eigenvalue weighted by Gasteiger charge is 2.49. The molecule has 1 aliphatic rings. The standard InChI is InChI=1S/C27H45F3N4O2SSi/c1-25(2,3)37(35)33-21(16-26(4,5)27(28,29)30)24-32-20-12-11-19(23(31)18-9-10-18)15-22(20)34(24)17-36-13-14-38(6,7)8/h11-12,15,18,21,23,33H,9-10,13-14,16-17,31H2,1-8H3/t21-,23+,37+/m0/s1. The van der Waals surface area contributed by atoms with Gasteiger partial charge in [-0.3, -0.25) is 0 Å². The van der Waals surface area contributed by atoms with Gasteiger partial charge >= 0.3 is 6.18 Å². The number of halogens is 3. The van der Waals surface area contributed by atoms with Crippen LogP contribution in [0.25, 0.3) is 11.0 Å². The number of aromatic nitrogens is 2. The number of fused-ring (bicyclic) bond motifs is 1. The molecular weight excluding hydrogens is 529 g/mol. The number of rotatable bonds is 12. The minimum atomic E-state index is -4.44. The van der Waals surface area contributed by atoms with Gasteiger partial charge in [-0.1, -0.05) is 39.6 Å². The van der Waals surface area contributed by atoms with E-state index in [-0.39, 0.29) is 19.2 Å². The van der Waals surface area contributed by atoms with E-state index in [1.54, 1.807) is 20.8 Å². The van der Waals surface area contributed by atoms with Gasteiger partial charge in [0.2, 0.25) is 0 Å². The summed E-state index contributed by atoms with van der Waals surface area (Å²) in [6, 6.07) is 5.77. The molecule has 0 radical (unpaired) electrons. The molecule has 2 aromatic rings. The second kappa shape index (κ2) is 11.3. The van der Waals surface area contributed by atoms with E-state index in [4.69, 9.17) is 15.5 Å². The molecule has 1 heterocycles. The van der Waals surface area contributed by atoms with Crippen LogP contribution in [-0.2, 0) is 22.5 Å². The quantitative estimate of drug-likeness (QED) is 0.215. The zero-order valence-corrected chi connectivity index (χ0v) is 25.9.